The average Bonchev–Trinajstić information content (AvgIpc) is 3.03. The lowest BCUT2D eigenvalue weighted by Crippen LogP contribution is -2.48. The minimum atomic E-state index is -0.00409. The van der Waals surface area contributed by atoms with Crippen molar-refractivity contribution in [2.45, 2.75) is 19.9 Å². The van der Waals surface area contributed by atoms with E-state index in [1.807, 2.05) is 24.0 Å². The summed E-state index contributed by atoms with van der Waals surface area (Å²) in [6.07, 6.45) is 0.744. The number of hydrogen-bond acceptors (Lipinski definition) is 6. The number of aromatic nitrogens is 2. The van der Waals surface area contributed by atoms with Gasteiger partial charge in [0.25, 0.3) is 5.91 Å². The highest BCUT2D eigenvalue weighted by atomic mass is 16.5. The van der Waals surface area contributed by atoms with E-state index in [0.717, 1.165) is 19.5 Å². The SMILES string of the molecule is CCc1nc(CN2CCN(C(=O)c3ccccc3N)CC2)no1. The van der Waals surface area contributed by atoms with Gasteiger partial charge in [-0.1, -0.05) is 24.2 Å². The van der Waals surface area contributed by atoms with Crippen molar-refractivity contribution in [1.82, 2.24) is 19.9 Å². The maximum absolute atomic E-state index is 12.5. The molecule has 7 heteroatoms. The number of para-hydroxylation sites is 1. The van der Waals surface area contributed by atoms with Crippen LogP contribution in [0.5, 0.6) is 0 Å². The van der Waals surface area contributed by atoms with Crippen molar-refractivity contribution in [3.63, 3.8) is 0 Å². The number of carbonyl (C=O) groups excluding carboxylic acids is 1. The van der Waals surface area contributed by atoms with E-state index < -0.39 is 0 Å². The molecule has 0 atom stereocenters. The third-order valence-corrected chi connectivity index (χ3v) is 4.03. The number of aryl methyl sites for hydroxylation is 1. The molecule has 0 unspecified atom stereocenters. The lowest BCUT2D eigenvalue weighted by molar-refractivity contribution is 0.0625. The van der Waals surface area contributed by atoms with Crippen LogP contribution in [0.15, 0.2) is 28.8 Å². The van der Waals surface area contributed by atoms with E-state index in [1.54, 1.807) is 12.1 Å². The van der Waals surface area contributed by atoms with Crippen LogP contribution in [-0.4, -0.2) is 52.0 Å². The first-order valence-corrected chi connectivity index (χ1v) is 7.85. The molecule has 2 N–H and O–H groups in total. The molecule has 0 radical (unpaired) electrons. The molecule has 23 heavy (non-hydrogen) atoms. The van der Waals surface area contributed by atoms with E-state index in [1.165, 1.54) is 0 Å². The highest BCUT2D eigenvalue weighted by Crippen LogP contribution is 2.15. The summed E-state index contributed by atoms with van der Waals surface area (Å²) in [6, 6.07) is 7.20. The van der Waals surface area contributed by atoms with Gasteiger partial charge in [0, 0.05) is 38.3 Å². The third kappa shape index (κ3) is 3.50. The van der Waals surface area contributed by atoms with Crippen molar-refractivity contribution >= 4 is 11.6 Å². The molecule has 1 amide bonds. The molecule has 1 aliphatic heterocycles. The number of piperazine rings is 1. The molecule has 0 bridgehead atoms. The molecule has 1 saturated heterocycles. The maximum atomic E-state index is 12.5. The molecule has 122 valence electrons. The Balaban J connectivity index is 1.56. The van der Waals surface area contributed by atoms with E-state index in [9.17, 15) is 4.79 Å². The van der Waals surface area contributed by atoms with Crippen LogP contribution in [0.1, 0.15) is 29.0 Å². The maximum Gasteiger partial charge on any atom is 0.256 e. The first-order valence-electron chi connectivity index (χ1n) is 7.85. The molecular formula is C16H21N5O2. The third-order valence-electron chi connectivity index (χ3n) is 4.03. The highest BCUT2D eigenvalue weighted by molar-refractivity contribution is 5.99. The standard InChI is InChI=1S/C16H21N5O2/c1-2-15-18-14(19-23-15)11-20-7-9-21(10-8-20)16(22)12-5-3-4-6-13(12)17/h3-6H,2,7-11,17H2,1H3. The molecule has 1 aromatic carbocycles. The quantitative estimate of drug-likeness (QED) is 0.852. The topological polar surface area (TPSA) is 88.5 Å². The van der Waals surface area contributed by atoms with Gasteiger partial charge >= 0.3 is 0 Å². The smallest absolute Gasteiger partial charge is 0.256 e. The lowest BCUT2D eigenvalue weighted by atomic mass is 10.1. The number of nitrogen functional groups attached to an aromatic ring is 1. The average molecular weight is 315 g/mol. The number of nitrogens with two attached hydrogens (primary N) is 1. The Morgan fingerprint density at radius 3 is 2.65 bits per heavy atom. The van der Waals surface area contributed by atoms with Crippen molar-refractivity contribution < 1.29 is 9.32 Å². The monoisotopic (exact) mass is 315 g/mol. The van der Waals surface area contributed by atoms with Gasteiger partial charge in [0.2, 0.25) is 5.89 Å². The molecule has 0 saturated carbocycles. The van der Waals surface area contributed by atoms with Gasteiger partial charge in [-0.15, -0.1) is 0 Å². The zero-order valence-corrected chi connectivity index (χ0v) is 13.2. The summed E-state index contributed by atoms with van der Waals surface area (Å²) in [5.41, 5.74) is 6.99. The Kier molecular flexibility index (Phi) is 4.57. The first-order chi connectivity index (χ1) is 11.2. The van der Waals surface area contributed by atoms with Crippen LogP contribution in [0, 0.1) is 0 Å². The van der Waals surface area contributed by atoms with E-state index in [4.69, 9.17) is 10.3 Å². The molecular weight excluding hydrogens is 294 g/mol. The number of amides is 1. The summed E-state index contributed by atoms with van der Waals surface area (Å²) < 4.78 is 5.12. The molecule has 1 aliphatic rings. The van der Waals surface area contributed by atoms with Crippen molar-refractivity contribution in [3.05, 3.63) is 41.5 Å². The van der Waals surface area contributed by atoms with Gasteiger partial charge in [-0.25, -0.2) is 0 Å². The van der Waals surface area contributed by atoms with Crippen LogP contribution in [0.4, 0.5) is 5.69 Å². The second-order valence-electron chi connectivity index (χ2n) is 5.61. The van der Waals surface area contributed by atoms with Gasteiger partial charge in [-0.2, -0.15) is 4.98 Å². The van der Waals surface area contributed by atoms with Gasteiger partial charge in [-0.05, 0) is 12.1 Å². The highest BCUT2D eigenvalue weighted by Gasteiger charge is 2.24. The molecule has 2 heterocycles. The largest absolute Gasteiger partial charge is 0.398 e. The van der Waals surface area contributed by atoms with Gasteiger partial charge < -0.3 is 15.2 Å². The number of rotatable bonds is 4. The van der Waals surface area contributed by atoms with Gasteiger partial charge in [0.05, 0.1) is 12.1 Å². The fourth-order valence-corrected chi connectivity index (χ4v) is 2.67. The normalized spacial score (nSPS) is 15.8. The van der Waals surface area contributed by atoms with E-state index in [2.05, 4.69) is 15.0 Å². The van der Waals surface area contributed by atoms with Gasteiger partial charge in [0.1, 0.15) is 0 Å². The van der Waals surface area contributed by atoms with Crippen LogP contribution in [0.2, 0.25) is 0 Å². The number of hydrogen-bond donors (Lipinski definition) is 1. The van der Waals surface area contributed by atoms with E-state index in [-0.39, 0.29) is 5.91 Å². The summed E-state index contributed by atoms with van der Waals surface area (Å²) in [7, 11) is 0. The molecule has 7 nitrogen and oxygen atoms in total. The molecule has 0 aliphatic carbocycles. The Morgan fingerprint density at radius 1 is 1.26 bits per heavy atom. The molecule has 1 aromatic heterocycles. The zero-order valence-electron chi connectivity index (χ0n) is 13.2. The Labute approximate surface area is 135 Å². The van der Waals surface area contributed by atoms with Crippen LogP contribution in [-0.2, 0) is 13.0 Å². The Morgan fingerprint density at radius 2 is 2.00 bits per heavy atom. The van der Waals surface area contributed by atoms with Crippen LogP contribution < -0.4 is 5.73 Å². The Hall–Kier alpha value is -2.41. The molecule has 2 aromatic rings. The van der Waals surface area contributed by atoms with Crippen molar-refractivity contribution in [2.75, 3.05) is 31.9 Å². The van der Waals surface area contributed by atoms with E-state index in [0.29, 0.717) is 42.6 Å². The van der Waals surface area contributed by atoms with Crippen molar-refractivity contribution in [3.8, 4) is 0 Å². The van der Waals surface area contributed by atoms with Gasteiger partial charge in [0.15, 0.2) is 5.82 Å². The summed E-state index contributed by atoms with van der Waals surface area (Å²) in [5.74, 6) is 1.36. The van der Waals surface area contributed by atoms with Crippen LogP contribution >= 0.6 is 0 Å². The van der Waals surface area contributed by atoms with Crippen molar-refractivity contribution in [2.24, 2.45) is 0 Å². The minimum absolute atomic E-state index is 0.00409. The summed E-state index contributed by atoms with van der Waals surface area (Å²) in [5, 5.41) is 3.97. The second-order valence-corrected chi connectivity index (χ2v) is 5.61. The summed E-state index contributed by atoms with van der Waals surface area (Å²) in [6.45, 7) is 5.55. The molecule has 3 rings (SSSR count). The lowest BCUT2D eigenvalue weighted by Gasteiger charge is -2.34. The number of anilines is 1. The predicted octanol–water partition coefficient (Wildman–Crippen LogP) is 1.17. The summed E-state index contributed by atoms with van der Waals surface area (Å²) >= 11 is 0. The van der Waals surface area contributed by atoms with Crippen LogP contribution in [0.3, 0.4) is 0 Å². The van der Waals surface area contributed by atoms with E-state index >= 15 is 0 Å². The number of benzene rings is 1. The predicted molar refractivity (Wildman–Crippen MR) is 85.7 cm³/mol. The Bertz CT molecular complexity index is 677. The van der Waals surface area contributed by atoms with Crippen LogP contribution in [0.25, 0.3) is 0 Å². The van der Waals surface area contributed by atoms with Crippen molar-refractivity contribution in [1.29, 1.82) is 0 Å². The zero-order chi connectivity index (χ0) is 16.2. The van der Waals surface area contributed by atoms with Gasteiger partial charge in [-0.3, -0.25) is 9.69 Å². The summed E-state index contributed by atoms with van der Waals surface area (Å²) in [4.78, 5) is 20.9. The minimum Gasteiger partial charge on any atom is -0.398 e. The first kappa shape index (κ1) is 15.5. The molecule has 0 spiro atoms. The number of nitrogens with zero attached hydrogens (tertiary/aromatic N) is 4. The molecule has 1 fully saturated rings. The fraction of sp³-hybridized carbons (Fsp3) is 0.438. The fourth-order valence-electron chi connectivity index (χ4n) is 2.67. The number of carbonyl (C=O) groups is 1. The second kappa shape index (κ2) is 6.78.